The predicted octanol–water partition coefficient (Wildman–Crippen LogP) is 10.7. The van der Waals surface area contributed by atoms with Gasteiger partial charge in [-0.25, -0.2) is 19.9 Å². The Morgan fingerprint density at radius 3 is 1.55 bits per heavy atom. The SMILES string of the molecule is c1ccc(-c2ccc(-c3nc(-c4ccccc4)nc(-c4ccccc4-n4c5ccccc5c5ccc(-c6ccccc6)nc54)n3)cc2)cc1. The van der Waals surface area contributed by atoms with E-state index in [0.717, 1.165) is 61.1 Å². The lowest BCUT2D eigenvalue weighted by atomic mass is 10.0. The van der Waals surface area contributed by atoms with Gasteiger partial charge >= 0.3 is 0 Å². The number of aromatic nitrogens is 5. The predicted molar refractivity (Wildman–Crippen MR) is 199 cm³/mol. The van der Waals surface area contributed by atoms with Gasteiger partial charge in [0.25, 0.3) is 0 Å². The maximum absolute atomic E-state index is 5.27. The van der Waals surface area contributed by atoms with E-state index in [4.69, 9.17) is 19.9 Å². The molecule has 6 aromatic carbocycles. The maximum Gasteiger partial charge on any atom is 0.166 e. The molecule has 0 spiro atoms. The molecular weight excluding hydrogens is 599 g/mol. The van der Waals surface area contributed by atoms with Crippen molar-refractivity contribution in [1.29, 1.82) is 0 Å². The Balaban J connectivity index is 1.25. The van der Waals surface area contributed by atoms with Crippen LogP contribution in [-0.4, -0.2) is 24.5 Å². The monoisotopic (exact) mass is 627 g/mol. The Morgan fingerprint density at radius 2 is 0.837 bits per heavy atom. The molecule has 230 valence electrons. The average Bonchev–Trinajstić information content (AvgIpc) is 3.52. The number of rotatable bonds is 6. The van der Waals surface area contributed by atoms with Gasteiger partial charge in [-0.3, -0.25) is 4.57 Å². The minimum Gasteiger partial charge on any atom is -0.293 e. The number of fused-ring (bicyclic) bond motifs is 3. The minimum absolute atomic E-state index is 0.594. The molecule has 9 rings (SSSR count). The van der Waals surface area contributed by atoms with Gasteiger partial charge in [0.15, 0.2) is 17.5 Å². The molecule has 0 fully saturated rings. The topological polar surface area (TPSA) is 56.5 Å². The number of hydrogen-bond acceptors (Lipinski definition) is 4. The van der Waals surface area contributed by atoms with Crippen molar-refractivity contribution in [3.05, 3.63) is 176 Å². The van der Waals surface area contributed by atoms with E-state index in [1.54, 1.807) is 0 Å². The van der Waals surface area contributed by atoms with E-state index in [-0.39, 0.29) is 0 Å². The summed E-state index contributed by atoms with van der Waals surface area (Å²) in [5, 5.41) is 2.23. The van der Waals surface area contributed by atoms with Gasteiger partial charge in [-0.05, 0) is 41.5 Å². The molecule has 0 aliphatic rings. The lowest BCUT2D eigenvalue weighted by molar-refractivity contribution is 1.06. The molecule has 0 aliphatic heterocycles. The van der Waals surface area contributed by atoms with Gasteiger partial charge in [0.05, 0.1) is 16.9 Å². The first-order chi connectivity index (χ1) is 24.3. The van der Waals surface area contributed by atoms with Gasteiger partial charge in [-0.2, -0.15) is 0 Å². The third-order valence-electron chi connectivity index (χ3n) is 8.90. The highest BCUT2D eigenvalue weighted by atomic mass is 15.1. The summed E-state index contributed by atoms with van der Waals surface area (Å²) in [6.45, 7) is 0. The maximum atomic E-state index is 5.27. The van der Waals surface area contributed by atoms with Gasteiger partial charge in [-0.1, -0.05) is 146 Å². The molecule has 5 heteroatoms. The Hall–Kier alpha value is -6.72. The van der Waals surface area contributed by atoms with Gasteiger partial charge < -0.3 is 0 Å². The van der Waals surface area contributed by atoms with Crippen molar-refractivity contribution in [1.82, 2.24) is 24.5 Å². The quantitative estimate of drug-likeness (QED) is 0.184. The van der Waals surface area contributed by atoms with Crippen LogP contribution in [0.4, 0.5) is 0 Å². The third-order valence-corrected chi connectivity index (χ3v) is 8.90. The average molecular weight is 628 g/mol. The third kappa shape index (κ3) is 5.24. The summed E-state index contributed by atoms with van der Waals surface area (Å²) < 4.78 is 2.24. The molecule has 5 nitrogen and oxygen atoms in total. The molecule has 49 heavy (non-hydrogen) atoms. The highest BCUT2D eigenvalue weighted by Crippen LogP contribution is 2.36. The van der Waals surface area contributed by atoms with E-state index in [2.05, 4.69) is 120 Å². The second-order valence-corrected chi connectivity index (χ2v) is 11.9. The van der Waals surface area contributed by atoms with Gasteiger partial charge in [0.2, 0.25) is 0 Å². The van der Waals surface area contributed by atoms with Crippen LogP contribution in [0.15, 0.2) is 176 Å². The summed E-state index contributed by atoms with van der Waals surface area (Å²) in [5.41, 5.74) is 9.92. The van der Waals surface area contributed by atoms with Crippen molar-refractivity contribution >= 4 is 21.9 Å². The van der Waals surface area contributed by atoms with E-state index in [1.165, 1.54) is 5.56 Å². The zero-order valence-electron chi connectivity index (χ0n) is 26.5. The summed E-state index contributed by atoms with van der Waals surface area (Å²) in [6, 6.07) is 60.3. The van der Waals surface area contributed by atoms with Crippen LogP contribution in [0.1, 0.15) is 0 Å². The van der Waals surface area contributed by atoms with Crippen molar-refractivity contribution in [2.24, 2.45) is 0 Å². The van der Waals surface area contributed by atoms with Crippen LogP contribution in [0.2, 0.25) is 0 Å². The molecular formula is C44H29N5. The van der Waals surface area contributed by atoms with Crippen LogP contribution >= 0.6 is 0 Å². The first-order valence-electron chi connectivity index (χ1n) is 16.3. The van der Waals surface area contributed by atoms with Gasteiger partial charge in [0, 0.05) is 33.0 Å². The van der Waals surface area contributed by atoms with E-state index in [9.17, 15) is 0 Å². The first kappa shape index (κ1) is 28.5. The van der Waals surface area contributed by atoms with Crippen molar-refractivity contribution in [2.45, 2.75) is 0 Å². The minimum atomic E-state index is 0.594. The molecule has 0 amide bonds. The van der Waals surface area contributed by atoms with E-state index in [1.807, 2.05) is 60.7 Å². The summed E-state index contributed by atoms with van der Waals surface area (Å²) >= 11 is 0. The molecule has 0 radical (unpaired) electrons. The molecule has 9 aromatic rings. The summed E-state index contributed by atoms with van der Waals surface area (Å²) in [7, 11) is 0. The molecule has 0 saturated carbocycles. The second-order valence-electron chi connectivity index (χ2n) is 11.9. The van der Waals surface area contributed by atoms with Crippen molar-refractivity contribution in [3.63, 3.8) is 0 Å². The molecule has 3 heterocycles. The molecule has 0 atom stereocenters. The van der Waals surface area contributed by atoms with Crippen molar-refractivity contribution in [2.75, 3.05) is 0 Å². The second kappa shape index (κ2) is 12.1. The van der Waals surface area contributed by atoms with E-state index in [0.29, 0.717) is 17.5 Å². The van der Waals surface area contributed by atoms with Crippen LogP contribution in [-0.2, 0) is 0 Å². The fraction of sp³-hybridized carbons (Fsp3) is 0. The Labute approximate surface area is 283 Å². The first-order valence-corrected chi connectivity index (χ1v) is 16.3. The number of nitrogens with zero attached hydrogens (tertiary/aromatic N) is 5. The van der Waals surface area contributed by atoms with E-state index < -0.39 is 0 Å². The van der Waals surface area contributed by atoms with Gasteiger partial charge in [-0.15, -0.1) is 0 Å². The van der Waals surface area contributed by atoms with Crippen LogP contribution in [0.5, 0.6) is 0 Å². The van der Waals surface area contributed by atoms with Crippen LogP contribution in [0.3, 0.4) is 0 Å². The fourth-order valence-electron chi connectivity index (χ4n) is 6.49. The van der Waals surface area contributed by atoms with Crippen LogP contribution < -0.4 is 0 Å². The largest absolute Gasteiger partial charge is 0.293 e. The van der Waals surface area contributed by atoms with Crippen LogP contribution in [0, 0.1) is 0 Å². The summed E-state index contributed by atoms with van der Waals surface area (Å²) in [5.74, 6) is 1.83. The number of pyridine rings is 1. The summed E-state index contributed by atoms with van der Waals surface area (Å²) in [4.78, 5) is 20.5. The number of benzene rings is 6. The van der Waals surface area contributed by atoms with Crippen LogP contribution in [0.25, 0.3) is 84.2 Å². The fourth-order valence-corrected chi connectivity index (χ4v) is 6.49. The molecule has 3 aromatic heterocycles. The van der Waals surface area contributed by atoms with Gasteiger partial charge in [0.1, 0.15) is 5.65 Å². The molecule has 0 unspecified atom stereocenters. The lowest BCUT2D eigenvalue weighted by Crippen LogP contribution is -2.04. The Morgan fingerprint density at radius 1 is 0.327 bits per heavy atom. The molecule has 0 aliphatic carbocycles. The molecule has 0 N–H and O–H groups in total. The Bertz CT molecular complexity index is 2580. The highest BCUT2D eigenvalue weighted by Gasteiger charge is 2.20. The lowest BCUT2D eigenvalue weighted by Gasteiger charge is -2.14. The normalized spacial score (nSPS) is 11.3. The molecule has 0 bridgehead atoms. The van der Waals surface area contributed by atoms with Crippen molar-refractivity contribution < 1.29 is 0 Å². The Kier molecular flexibility index (Phi) is 7.06. The zero-order chi connectivity index (χ0) is 32.6. The number of hydrogen-bond donors (Lipinski definition) is 0. The highest BCUT2D eigenvalue weighted by molar-refractivity contribution is 6.08. The smallest absolute Gasteiger partial charge is 0.166 e. The summed E-state index contributed by atoms with van der Waals surface area (Å²) in [6.07, 6.45) is 0. The zero-order valence-corrected chi connectivity index (χ0v) is 26.5. The van der Waals surface area contributed by atoms with Crippen molar-refractivity contribution in [3.8, 4) is 62.2 Å². The van der Waals surface area contributed by atoms with E-state index >= 15 is 0 Å². The number of para-hydroxylation sites is 2. The molecule has 0 saturated heterocycles. The standard InChI is InChI=1S/C44H29N5/c1-4-14-30(15-5-1)31-24-26-34(27-25-31)42-46-41(33-18-8-3-9-19-33)47-43(48-42)37-21-11-13-23-40(37)49-39-22-12-10-20-35(39)36-28-29-38(45-44(36)49)32-16-6-2-7-17-32/h1-29H.